The van der Waals surface area contributed by atoms with E-state index in [-0.39, 0.29) is 17.5 Å². The fraction of sp³-hybridized carbons (Fsp3) is 0.154. The normalized spacial score (nSPS) is 9.95. The smallest absolute Gasteiger partial charge is 0.240 e. The van der Waals surface area contributed by atoms with Crippen molar-refractivity contribution in [3.8, 4) is 11.8 Å². The van der Waals surface area contributed by atoms with Gasteiger partial charge in [-0.05, 0) is 19.1 Å². The zero-order valence-electron chi connectivity index (χ0n) is 10.2. The quantitative estimate of drug-likeness (QED) is 0.873. The van der Waals surface area contributed by atoms with E-state index in [1.807, 2.05) is 37.3 Å². The maximum atomic E-state index is 11.3. The van der Waals surface area contributed by atoms with Crippen molar-refractivity contribution in [3.63, 3.8) is 0 Å². The number of amides is 1. The molecular formula is C13H11ClN4O. The summed E-state index contributed by atoms with van der Waals surface area (Å²) in [5, 5.41) is 15.6. The van der Waals surface area contributed by atoms with Crippen LogP contribution in [0.5, 0.6) is 0 Å². The van der Waals surface area contributed by atoms with Crippen LogP contribution in [0.2, 0.25) is 0 Å². The van der Waals surface area contributed by atoms with Gasteiger partial charge in [-0.15, -0.1) is 11.6 Å². The molecule has 0 fully saturated rings. The number of hydrogen-bond donors (Lipinski definition) is 1. The predicted octanol–water partition coefficient (Wildman–Crippen LogP) is 2.23. The monoisotopic (exact) mass is 274 g/mol. The van der Waals surface area contributed by atoms with Crippen LogP contribution >= 0.6 is 11.6 Å². The molecule has 0 aliphatic heterocycles. The average molecular weight is 275 g/mol. The van der Waals surface area contributed by atoms with Gasteiger partial charge >= 0.3 is 0 Å². The lowest BCUT2D eigenvalue weighted by Gasteiger charge is -2.07. The number of hydrogen-bond acceptors (Lipinski definition) is 3. The Morgan fingerprint density at radius 2 is 2.16 bits per heavy atom. The van der Waals surface area contributed by atoms with Gasteiger partial charge in [-0.2, -0.15) is 10.4 Å². The van der Waals surface area contributed by atoms with E-state index in [4.69, 9.17) is 16.9 Å². The summed E-state index contributed by atoms with van der Waals surface area (Å²) >= 11 is 5.45. The number of halogens is 1. The molecule has 1 aromatic heterocycles. The minimum Gasteiger partial charge on any atom is -0.310 e. The number of benzene rings is 1. The summed E-state index contributed by atoms with van der Waals surface area (Å²) in [6.07, 6.45) is 0. The number of aromatic nitrogens is 2. The van der Waals surface area contributed by atoms with E-state index < -0.39 is 0 Å². The second-order valence-electron chi connectivity index (χ2n) is 3.96. The number of carbonyl (C=O) groups excluding carboxylic acids is 1. The fourth-order valence-corrected chi connectivity index (χ4v) is 1.65. The molecule has 1 aromatic carbocycles. The molecule has 19 heavy (non-hydrogen) atoms. The van der Waals surface area contributed by atoms with Gasteiger partial charge in [0.2, 0.25) is 5.91 Å². The zero-order chi connectivity index (χ0) is 13.8. The van der Waals surface area contributed by atoms with Gasteiger partial charge in [-0.1, -0.05) is 17.7 Å². The number of nitrogens with zero attached hydrogens (tertiary/aromatic N) is 3. The lowest BCUT2D eigenvalue weighted by Crippen LogP contribution is -2.15. The van der Waals surface area contributed by atoms with Crippen LogP contribution in [0.3, 0.4) is 0 Å². The number of alkyl halides is 1. The van der Waals surface area contributed by atoms with E-state index in [1.165, 1.54) is 10.7 Å². The number of rotatable bonds is 3. The molecule has 0 atom stereocenters. The minimum absolute atomic E-state index is 0.152. The van der Waals surface area contributed by atoms with Crippen LogP contribution in [0.25, 0.3) is 5.69 Å². The lowest BCUT2D eigenvalue weighted by molar-refractivity contribution is -0.114. The summed E-state index contributed by atoms with van der Waals surface area (Å²) in [4.78, 5) is 11.3. The molecule has 0 bridgehead atoms. The summed E-state index contributed by atoms with van der Waals surface area (Å²) in [7, 11) is 0. The van der Waals surface area contributed by atoms with Gasteiger partial charge in [0.25, 0.3) is 0 Å². The van der Waals surface area contributed by atoms with Crippen LogP contribution in [0.4, 0.5) is 5.82 Å². The first kappa shape index (κ1) is 13.1. The molecule has 0 aliphatic carbocycles. The van der Waals surface area contributed by atoms with Gasteiger partial charge in [0.05, 0.1) is 5.69 Å². The second kappa shape index (κ2) is 5.55. The van der Waals surface area contributed by atoms with Crippen LogP contribution in [0.1, 0.15) is 11.3 Å². The van der Waals surface area contributed by atoms with Gasteiger partial charge in [-0.3, -0.25) is 4.79 Å². The van der Waals surface area contributed by atoms with Crippen molar-refractivity contribution in [2.75, 3.05) is 11.2 Å². The number of carbonyl (C=O) groups is 1. The molecule has 0 unspecified atom stereocenters. The number of anilines is 1. The fourth-order valence-electron chi connectivity index (χ4n) is 1.58. The molecular weight excluding hydrogens is 264 g/mol. The first-order valence-corrected chi connectivity index (χ1v) is 6.10. The molecule has 5 nitrogen and oxygen atoms in total. The van der Waals surface area contributed by atoms with Crippen molar-refractivity contribution >= 4 is 23.3 Å². The molecule has 0 saturated carbocycles. The molecule has 2 aromatic rings. The SMILES string of the molecule is Cc1ccc(-n2nc(C#N)cc2NC(=O)CCl)cc1. The van der Waals surface area contributed by atoms with Gasteiger partial charge < -0.3 is 5.32 Å². The van der Waals surface area contributed by atoms with Gasteiger partial charge in [0.15, 0.2) is 5.69 Å². The van der Waals surface area contributed by atoms with E-state index in [0.717, 1.165) is 11.3 Å². The maximum Gasteiger partial charge on any atom is 0.240 e. The van der Waals surface area contributed by atoms with Crippen molar-refractivity contribution in [2.45, 2.75) is 6.92 Å². The Balaban J connectivity index is 2.43. The van der Waals surface area contributed by atoms with Crippen molar-refractivity contribution in [3.05, 3.63) is 41.6 Å². The lowest BCUT2D eigenvalue weighted by atomic mass is 10.2. The third kappa shape index (κ3) is 2.92. The van der Waals surface area contributed by atoms with E-state index in [9.17, 15) is 4.79 Å². The Bertz CT molecular complexity index is 640. The van der Waals surface area contributed by atoms with Crippen LogP contribution < -0.4 is 5.32 Å². The molecule has 96 valence electrons. The summed E-state index contributed by atoms with van der Waals surface area (Å²) in [5.74, 6) is -0.0773. The van der Waals surface area contributed by atoms with Gasteiger partial charge in [0, 0.05) is 6.07 Å². The van der Waals surface area contributed by atoms with Crippen LogP contribution in [-0.2, 0) is 4.79 Å². The first-order valence-electron chi connectivity index (χ1n) is 5.57. The third-order valence-electron chi connectivity index (χ3n) is 2.49. The van der Waals surface area contributed by atoms with Crippen LogP contribution in [0, 0.1) is 18.3 Å². The highest BCUT2D eigenvalue weighted by molar-refractivity contribution is 6.29. The second-order valence-corrected chi connectivity index (χ2v) is 4.22. The topological polar surface area (TPSA) is 70.7 Å². The summed E-state index contributed by atoms with van der Waals surface area (Å²) in [6, 6.07) is 11.0. The predicted molar refractivity (Wildman–Crippen MR) is 72.4 cm³/mol. The molecule has 0 radical (unpaired) electrons. The van der Waals surface area contributed by atoms with E-state index in [0.29, 0.717) is 5.82 Å². The summed E-state index contributed by atoms with van der Waals surface area (Å²) in [6.45, 7) is 1.98. The Kier molecular flexibility index (Phi) is 3.83. The van der Waals surface area contributed by atoms with Crippen molar-refractivity contribution in [1.82, 2.24) is 9.78 Å². The largest absolute Gasteiger partial charge is 0.310 e. The highest BCUT2D eigenvalue weighted by atomic mass is 35.5. The van der Waals surface area contributed by atoms with Crippen molar-refractivity contribution in [2.24, 2.45) is 0 Å². The zero-order valence-corrected chi connectivity index (χ0v) is 11.0. The molecule has 0 spiro atoms. The molecule has 1 N–H and O–H groups in total. The molecule has 0 aliphatic rings. The minimum atomic E-state index is -0.348. The average Bonchev–Trinajstić information content (AvgIpc) is 2.82. The Morgan fingerprint density at radius 1 is 1.47 bits per heavy atom. The number of aryl methyl sites for hydroxylation is 1. The Labute approximate surface area is 115 Å². The van der Waals surface area contributed by atoms with Crippen molar-refractivity contribution < 1.29 is 4.79 Å². The van der Waals surface area contributed by atoms with E-state index in [1.54, 1.807) is 0 Å². The molecule has 2 rings (SSSR count). The highest BCUT2D eigenvalue weighted by Crippen LogP contribution is 2.17. The van der Waals surface area contributed by atoms with E-state index in [2.05, 4.69) is 10.4 Å². The Morgan fingerprint density at radius 3 is 2.74 bits per heavy atom. The molecule has 1 heterocycles. The first-order chi connectivity index (χ1) is 9.13. The number of nitrogens with one attached hydrogen (secondary N) is 1. The molecule has 6 heteroatoms. The van der Waals surface area contributed by atoms with Crippen LogP contribution in [0.15, 0.2) is 30.3 Å². The summed E-state index contributed by atoms with van der Waals surface area (Å²) < 4.78 is 1.50. The molecule has 0 saturated heterocycles. The highest BCUT2D eigenvalue weighted by Gasteiger charge is 2.11. The van der Waals surface area contributed by atoms with E-state index >= 15 is 0 Å². The van der Waals surface area contributed by atoms with Crippen molar-refractivity contribution in [1.29, 1.82) is 5.26 Å². The van der Waals surface area contributed by atoms with Crippen LogP contribution in [-0.4, -0.2) is 21.6 Å². The Hall–Kier alpha value is -2.32. The molecule has 1 amide bonds. The maximum absolute atomic E-state index is 11.3. The summed E-state index contributed by atoms with van der Waals surface area (Å²) in [5.41, 5.74) is 2.10. The third-order valence-corrected chi connectivity index (χ3v) is 2.73. The van der Waals surface area contributed by atoms with Gasteiger partial charge in [0.1, 0.15) is 17.8 Å². The number of nitriles is 1. The standard InChI is InChI=1S/C13H11ClN4O/c1-9-2-4-11(5-3-9)18-12(16-13(19)7-14)6-10(8-15)17-18/h2-6H,7H2,1H3,(H,16,19). The van der Waals surface area contributed by atoms with Gasteiger partial charge in [-0.25, -0.2) is 4.68 Å².